The summed E-state index contributed by atoms with van der Waals surface area (Å²) in [6, 6.07) is 19.8. The number of ether oxygens (including phenoxy) is 2. The first kappa shape index (κ1) is 20.0. The van der Waals surface area contributed by atoms with E-state index in [-0.39, 0.29) is 18.1 Å². The number of carbonyl (C=O) groups excluding carboxylic acids is 1. The Bertz CT molecular complexity index is 1230. The maximum absolute atomic E-state index is 13.0. The molecule has 2 aromatic carbocycles. The number of carbonyl (C=O) groups is 1. The van der Waals surface area contributed by atoms with Gasteiger partial charge in [-0.15, -0.1) is 0 Å². The van der Waals surface area contributed by atoms with Gasteiger partial charge in [-0.1, -0.05) is 42.5 Å². The van der Waals surface area contributed by atoms with Gasteiger partial charge < -0.3 is 18.3 Å². The normalized spacial score (nSPS) is 10.8. The molecule has 0 fully saturated rings. The highest BCUT2D eigenvalue weighted by Crippen LogP contribution is 2.33. The Morgan fingerprint density at radius 1 is 0.933 bits per heavy atom. The molecule has 4 rings (SSSR count). The Hall–Kier alpha value is -3.32. The van der Waals surface area contributed by atoms with E-state index in [4.69, 9.17) is 18.3 Å². The van der Waals surface area contributed by atoms with Crippen LogP contribution in [0.4, 0.5) is 0 Å². The van der Waals surface area contributed by atoms with Crippen molar-refractivity contribution in [2.24, 2.45) is 0 Å². The second-order valence-corrected chi connectivity index (χ2v) is 7.22. The van der Waals surface area contributed by atoms with Gasteiger partial charge in [-0.2, -0.15) is 0 Å². The fraction of sp³-hybridized carbons (Fsp3) is 0.130. The van der Waals surface area contributed by atoms with Crippen LogP contribution in [0.5, 0.6) is 5.75 Å². The van der Waals surface area contributed by atoms with Gasteiger partial charge >= 0.3 is 5.97 Å². The SMILES string of the molecule is O=C(COc1c(-c2ccc(Br)o2)oc2ccccc2c1=O)OCCc1ccccc1. The van der Waals surface area contributed by atoms with Crippen LogP contribution in [0, 0.1) is 0 Å². The van der Waals surface area contributed by atoms with Crippen molar-refractivity contribution >= 4 is 32.9 Å². The van der Waals surface area contributed by atoms with Crippen LogP contribution >= 0.6 is 15.9 Å². The Kier molecular flexibility index (Phi) is 5.99. The number of rotatable bonds is 7. The van der Waals surface area contributed by atoms with Gasteiger partial charge in [0.15, 0.2) is 17.0 Å². The third-order valence-electron chi connectivity index (χ3n) is 4.38. The Morgan fingerprint density at radius 2 is 1.70 bits per heavy atom. The van der Waals surface area contributed by atoms with E-state index >= 15 is 0 Å². The van der Waals surface area contributed by atoms with E-state index in [0.717, 1.165) is 5.56 Å². The summed E-state index contributed by atoms with van der Waals surface area (Å²) < 4.78 is 22.6. The first-order valence-electron chi connectivity index (χ1n) is 9.26. The standard InChI is InChI=1S/C23H17BrO6/c24-19-11-10-18(29-19)22-23(21(26)16-8-4-5-9-17(16)30-22)28-14-20(25)27-13-12-15-6-2-1-3-7-15/h1-11H,12-14H2. The van der Waals surface area contributed by atoms with Gasteiger partial charge in [0.25, 0.3) is 0 Å². The van der Waals surface area contributed by atoms with E-state index in [2.05, 4.69) is 15.9 Å². The molecule has 0 radical (unpaired) electrons. The van der Waals surface area contributed by atoms with Crippen molar-refractivity contribution in [2.45, 2.75) is 6.42 Å². The number of halogens is 1. The molecule has 30 heavy (non-hydrogen) atoms. The highest BCUT2D eigenvalue weighted by atomic mass is 79.9. The second-order valence-electron chi connectivity index (χ2n) is 6.43. The smallest absolute Gasteiger partial charge is 0.344 e. The number of hydrogen-bond acceptors (Lipinski definition) is 6. The molecule has 4 aromatic rings. The van der Waals surface area contributed by atoms with E-state index in [9.17, 15) is 9.59 Å². The average Bonchev–Trinajstić information content (AvgIpc) is 3.20. The molecule has 7 heteroatoms. The molecule has 0 amide bonds. The summed E-state index contributed by atoms with van der Waals surface area (Å²) in [5.74, 6) is -0.265. The van der Waals surface area contributed by atoms with Gasteiger partial charge in [-0.05, 0) is 45.8 Å². The van der Waals surface area contributed by atoms with E-state index in [1.165, 1.54) is 0 Å². The molecule has 0 aliphatic rings. The molecule has 0 saturated heterocycles. The molecular weight excluding hydrogens is 452 g/mol. The minimum Gasteiger partial charge on any atom is -0.474 e. The van der Waals surface area contributed by atoms with Crippen molar-refractivity contribution in [2.75, 3.05) is 13.2 Å². The topological polar surface area (TPSA) is 78.9 Å². The van der Waals surface area contributed by atoms with Gasteiger partial charge in [-0.25, -0.2) is 4.79 Å². The minimum atomic E-state index is -0.579. The Labute approximate surface area is 180 Å². The van der Waals surface area contributed by atoms with Crippen LogP contribution in [0.25, 0.3) is 22.5 Å². The van der Waals surface area contributed by atoms with Gasteiger partial charge in [0.1, 0.15) is 5.58 Å². The highest BCUT2D eigenvalue weighted by molar-refractivity contribution is 9.10. The zero-order valence-corrected chi connectivity index (χ0v) is 17.4. The molecule has 6 nitrogen and oxygen atoms in total. The molecular formula is C23H17BrO6. The quantitative estimate of drug-likeness (QED) is 0.356. The Balaban J connectivity index is 1.52. The summed E-state index contributed by atoms with van der Waals surface area (Å²) in [6.07, 6.45) is 0.594. The van der Waals surface area contributed by atoms with Crippen LogP contribution in [0.3, 0.4) is 0 Å². The van der Waals surface area contributed by atoms with E-state index in [0.29, 0.717) is 27.8 Å². The predicted octanol–water partition coefficient (Wildman–Crippen LogP) is 4.98. The maximum Gasteiger partial charge on any atom is 0.344 e. The number of furan rings is 1. The van der Waals surface area contributed by atoms with Crippen LogP contribution in [-0.2, 0) is 16.0 Å². The number of para-hydroxylation sites is 1. The van der Waals surface area contributed by atoms with Gasteiger partial charge in [0.05, 0.1) is 12.0 Å². The van der Waals surface area contributed by atoms with Crippen molar-refractivity contribution in [1.29, 1.82) is 0 Å². The molecule has 0 atom stereocenters. The fourth-order valence-corrected chi connectivity index (χ4v) is 3.26. The second kappa shape index (κ2) is 9.00. The maximum atomic E-state index is 13.0. The largest absolute Gasteiger partial charge is 0.474 e. The minimum absolute atomic E-state index is 0.101. The molecule has 2 heterocycles. The molecule has 0 bridgehead atoms. The molecule has 0 saturated carbocycles. The molecule has 0 unspecified atom stereocenters. The van der Waals surface area contributed by atoms with Crippen molar-refractivity contribution in [1.82, 2.24) is 0 Å². The predicted molar refractivity (Wildman–Crippen MR) is 114 cm³/mol. The third kappa shape index (κ3) is 4.46. The molecule has 0 N–H and O–H groups in total. The molecule has 152 valence electrons. The van der Waals surface area contributed by atoms with Crippen LogP contribution in [0.1, 0.15) is 5.56 Å². The van der Waals surface area contributed by atoms with Crippen molar-refractivity contribution in [3.63, 3.8) is 0 Å². The Morgan fingerprint density at radius 3 is 2.47 bits per heavy atom. The fourth-order valence-electron chi connectivity index (χ4n) is 2.95. The van der Waals surface area contributed by atoms with Crippen LogP contribution in [0.15, 0.2) is 85.0 Å². The summed E-state index contributed by atoms with van der Waals surface area (Å²) in [5, 5.41) is 0.347. The lowest BCUT2D eigenvalue weighted by Crippen LogP contribution is -2.19. The lowest BCUT2D eigenvalue weighted by molar-refractivity contribution is -0.145. The molecule has 0 aliphatic heterocycles. The highest BCUT2D eigenvalue weighted by Gasteiger charge is 2.21. The summed E-state index contributed by atoms with van der Waals surface area (Å²) in [7, 11) is 0. The summed E-state index contributed by atoms with van der Waals surface area (Å²) in [6.45, 7) is -0.205. The van der Waals surface area contributed by atoms with Crippen LogP contribution in [-0.4, -0.2) is 19.2 Å². The zero-order chi connectivity index (χ0) is 20.9. The van der Waals surface area contributed by atoms with E-state index < -0.39 is 18.0 Å². The summed E-state index contributed by atoms with van der Waals surface area (Å²) in [5.41, 5.74) is 1.06. The van der Waals surface area contributed by atoms with Gasteiger partial charge in [-0.3, -0.25) is 4.79 Å². The molecule has 2 aromatic heterocycles. The van der Waals surface area contributed by atoms with Crippen molar-refractivity contribution in [3.8, 4) is 17.3 Å². The summed E-state index contributed by atoms with van der Waals surface area (Å²) >= 11 is 3.23. The molecule has 0 spiro atoms. The van der Waals surface area contributed by atoms with Crippen molar-refractivity contribution in [3.05, 3.63) is 87.2 Å². The number of fused-ring (bicyclic) bond motifs is 1. The van der Waals surface area contributed by atoms with Crippen LogP contribution < -0.4 is 10.2 Å². The first-order valence-corrected chi connectivity index (χ1v) is 10.0. The number of benzene rings is 2. The van der Waals surface area contributed by atoms with E-state index in [1.807, 2.05) is 30.3 Å². The summed E-state index contributed by atoms with van der Waals surface area (Å²) in [4.78, 5) is 25.1. The number of esters is 1. The van der Waals surface area contributed by atoms with Gasteiger partial charge in [0.2, 0.25) is 16.9 Å². The number of hydrogen-bond donors (Lipinski definition) is 0. The van der Waals surface area contributed by atoms with Crippen LogP contribution in [0.2, 0.25) is 0 Å². The monoisotopic (exact) mass is 468 g/mol. The molecule has 0 aliphatic carbocycles. The third-order valence-corrected chi connectivity index (χ3v) is 4.81. The lowest BCUT2D eigenvalue weighted by atomic mass is 10.2. The zero-order valence-electron chi connectivity index (χ0n) is 15.8. The first-order chi connectivity index (χ1) is 14.6. The van der Waals surface area contributed by atoms with E-state index in [1.54, 1.807) is 36.4 Å². The lowest BCUT2D eigenvalue weighted by Gasteiger charge is -2.10. The average molecular weight is 469 g/mol. The van der Waals surface area contributed by atoms with Crippen molar-refractivity contribution < 1.29 is 23.1 Å². The van der Waals surface area contributed by atoms with Gasteiger partial charge in [0, 0.05) is 6.42 Å².